The molecule has 11 heavy (non-hydrogen) atoms. The van der Waals surface area contributed by atoms with Gasteiger partial charge >= 0.3 is 0 Å². The zero-order valence-electron chi connectivity index (χ0n) is 6.03. The van der Waals surface area contributed by atoms with Gasteiger partial charge < -0.3 is 5.11 Å². The van der Waals surface area contributed by atoms with E-state index in [2.05, 4.69) is 0 Å². The molecule has 1 aliphatic heterocycles. The fourth-order valence-electron chi connectivity index (χ4n) is 1.21. The molecular formula is C6H11FO3S. The molecule has 1 aliphatic rings. The van der Waals surface area contributed by atoms with Crippen LogP contribution >= 0.6 is 0 Å². The van der Waals surface area contributed by atoms with E-state index < -0.39 is 21.9 Å². The normalized spacial score (nSPS) is 36.9. The van der Waals surface area contributed by atoms with Crippen molar-refractivity contribution in [3.63, 3.8) is 0 Å². The molecule has 1 N–H and O–H groups in total. The van der Waals surface area contributed by atoms with Crippen molar-refractivity contribution in [1.29, 1.82) is 0 Å². The quantitative estimate of drug-likeness (QED) is 0.608. The maximum absolute atomic E-state index is 12.8. The monoisotopic (exact) mass is 182 g/mol. The summed E-state index contributed by atoms with van der Waals surface area (Å²) in [6.07, 6.45) is -1.11. The summed E-state index contributed by atoms with van der Waals surface area (Å²) >= 11 is 0. The first-order valence-corrected chi connectivity index (χ1v) is 5.32. The van der Waals surface area contributed by atoms with E-state index >= 15 is 0 Å². The van der Waals surface area contributed by atoms with Gasteiger partial charge in [0.25, 0.3) is 0 Å². The summed E-state index contributed by atoms with van der Waals surface area (Å²) in [5.74, 6) is -0.983. The predicted octanol–water partition coefficient (Wildman–Crippen LogP) is -0.248. The second-order valence-electron chi connectivity index (χ2n) is 2.86. The van der Waals surface area contributed by atoms with Crippen molar-refractivity contribution in [2.75, 3.05) is 18.1 Å². The molecule has 0 aromatic heterocycles. The Labute approximate surface area is 65.1 Å². The van der Waals surface area contributed by atoms with Crippen LogP contribution in [0.2, 0.25) is 0 Å². The summed E-state index contributed by atoms with van der Waals surface area (Å²) in [5.41, 5.74) is 0. The number of hydrogen-bond acceptors (Lipinski definition) is 3. The fourth-order valence-corrected chi connectivity index (χ4v) is 2.93. The maximum Gasteiger partial charge on any atom is 0.150 e. The van der Waals surface area contributed by atoms with Crippen molar-refractivity contribution in [3.8, 4) is 0 Å². The van der Waals surface area contributed by atoms with E-state index in [-0.39, 0.29) is 24.5 Å². The molecule has 1 rings (SSSR count). The molecule has 0 amide bonds. The van der Waals surface area contributed by atoms with Crippen molar-refractivity contribution in [3.05, 3.63) is 0 Å². The molecule has 0 aromatic carbocycles. The van der Waals surface area contributed by atoms with Crippen molar-refractivity contribution < 1.29 is 17.9 Å². The minimum absolute atomic E-state index is 0.0353. The van der Waals surface area contributed by atoms with E-state index in [0.717, 1.165) is 0 Å². The first kappa shape index (κ1) is 8.93. The van der Waals surface area contributed by atoms with Crippen molar-refractivity contribution >= 4 is 9.84 Å². The lowest BCUT2D eigenvalue weighted by molar-refractivity contribution is 0.145. The van der Waals surface area contributed by atoms with E-state index in [1.165, 1.54) is 0 Å². The van der Waals surface area contributed by atoms with Crippen LogP contribution in [0.15, 0.2) is 0 Å². The van der Waals surface area contributed by atoms with Crippen molar-refractivity contribution in [2.45, 2.75) is 12.6 Å². The van der Waals surface area contributed by atoms with Gasteiger partial charge in [0.2, 0.25) is 0 Å². The minimum atomic E-state index is -3.08. The second-order valence-corrected chi connectivity index (χ2v) is 5.09. The van der Waals surface area contributed by atoms with E-state index in [0.29, 0.717) is 0 Å². The van der Waals surface area contributed by atoms with Crippen LogP contribution in [-0.2, 0) is 9.84 Å². The Morgan fingerprint density at radius 3 is 2.64 bits per heavy atom. The highest BCUT2D eigenvalue weighted by molar-refractivity contribution is 7.91. The molecule has 1 fully saturated rings. The largest absolute Gasteiger partial charge is 0.396 e. The van der Waals surface area contributed by atoms with Gasteiger partial charge in [-0.2, -0.15) is 0 Å². The molecule has 5 heteroatoms. The Kier molecular flexibility index (Phi) is 2.49. The van der Waals surface area contributed by atoms with Gasteiger partial charge in [0.05, 0.1) is 11.5 Å². The topological polar surface area (TPSA) is 54.4 Å². The summed E-state index contributed by atoms with van der Waals surface area (Å²) < 4.78 is 34.5. The van der Waals surface area contributed by atoms with Gasteiger partial charge in [0, 0.05) is 12.5 Å². The second kappa shape index (κ2) is 3.06. The summed E-state index contributed by atoms with van der Waals surface area (Å²) in [6, 6.07) is 0. The zero-order valence-corrected chi connectivity index (χ0v) is 6.85. The Hall–Kier alpha value is -0.160. The van der Waals surface area contributed by atoms with Crippen LogP contribution in [0, 0.1) is 5.92 Å². The minimum Gasteiger partial charge on any atom is -0.396 e. The van der Waals surface area contributed by atoms with Gasteiger partial charge in [-0.3, -0.25) is 0 Å². The summed E-state index contributed by atoms with van der Waals surface area (Å²) in [7, 11) is -3.08. The van der Waals surface area contributed by atoms with E-state index in [1.807, 2.05) is 0 Å². The summed E-state index contributed by atoms with van der Waals surface area (Å²) in [5, 5.41) is 8.59. The molecule has 1 heterocycles. The first-order valence-electron chi connectivity index (χ1n) is 3.50. The lowest BCUT2D eigenvalue weighted by atomic mass is 10.1. The number of aliphatic hydroxyl groups is 1. The number of sulfone groups is 1. The fraction of sp³-hybridized carbons (Fsp3) is 1.00. The highest BCUT2D eigenvalue weighted by atomic mass is 32.2. The van der Waals surface area contributed by atoms with Crippen LogP contribution in [0.25, 0.3) is 0 Å². The van der Waals surface area contributed by atoms with E-state index in [9.17, 15) is 12.8 Å². The van der Waals surface area contributed by atoms with Crippen molar-refractivity contribution in [2.24, 2.45) is 5.92 Å². The summed E-state index contributed by atoms with van der Waals surface area (Å²) in [4.78, 5) is 0. The van der Waals surface area contributed by atoms with E-state index in [4.69, 9.17) is 5.11 Å². The highest BCUT2D eigenvalue weighted by Gasteiger charge is 2.32. The lowest BCUT2D eigenvalue weighted by Crippen LogP contribution is -2.35. The van der Waals surface area contributed by atoms with Crippen molar-refractivity contribution in [1.82, 2.24) is 0 Å². The van der Waals surface area contributed by atoms with Crippen LogP contribution in [0.3, 0.4) is 0 Å². The van der Waals surface area contributed by atoms with Gasteiger partial charge in [-0.05, 0) is 6.42 Å². The van der Waals surface area contributed by atoms with E-state index in [1.54, 1.807) is 0 Å². The van der Waals surface area contributed by atoms with Crippen LogP contribution in [0.5, 0.6) is 0 Å². The van der Waals surface area contributed by atoms with Crippen LogP contribution in [0.1, 0.15) is 6.42 Å². The molecule has 2 atom stereocenters. The molecule has 66 valence electrons. The molecule has 1 saturated heterocycles. The average Bonchev–Trinajstić information content (AvgIpc) is 1.94. The Morgan fingerprint density at radius 2 is 2.18 bits per heavy atom. The molecule has 0 aromatic rings. The first-order chi connectivity index (χ1) is 5.05. The molecular weight excluding hydrogens is 171 g/mol. The number of rotatable bonds is 1. The lowest BCUT2D eigenvalue weighted by Gasteiger charge is -2.23. The highest BCUT2D eigenvalue weighted by Crippen LogP contribution is 2.21. The molecule has 0 bridgehead atoms. The van der Waals surface area contributed by atoms with Crippen LogP contribution in [0.4, 0.5) is 4.39 Å². The van der Waals surface area contributed by atoms with Gasteiger partial charge in [-0.1, -0.05) is 0 Å². The molecule has 3 nitrogen and oxygen atoms in total. The molecule has 0 radical (unpaired) electrons. The maximum atomic E-state index is 12.8. The molecule has 0 spiro atoms. The average molecular weight is 182 g/mol. The van der Waals surface area contributed by atoms with Crippen LogP contribution < -0.4 is 0 Å². The number of halogens is 1. The van der Waals surface area contributed by atoms with Gasteiger partial charge in [0.1, 0.15) is 6.17 Å². The third kappa shape index (κ3) is 2.13. The van der Waals surface area contributed by atoms with Gasteiger partial charge in [-0.25, -0.2) is 12.8 Å². The molecule has 0 saturated carbocycles. The third-order valence-corrected chi connectivity index (χ3v) is 3.71. The van der Waals surface area contributed by atoms with Crippen LogP contribution in [-0.4, -0.2) is 37.8 Å². The number of aliphatic hydroxyl groups excluding tert-OH is 1. The molecule has 0 unspecified atom stereocenters. The Morgan fingerprint density at radius 1 is 1.55 bits per heavy atom. The molecule has 0 aliphatic carbocycles. The standard InChI is InChI=1S/C6H11FO3S/c7-6-1-2-11(9,10)4-5(6)3-8/h5-6,8H,1-4H2/t5-,6-/m1/s1. The smallest absolute Gasteiger partial charge is 0.150 e. The predicted molar refractivity (Wildman–Crippen MR) is 38.7 cm³/mol. The number of alkyl halides is 1. The Bertz CT molecular complexity index is 224. The Balaban J connectivity index is 2.66. The number of hydrogen-bond donors (Lipinski definition) is 1. The van der Waals surface area contributed by atoms with Gasteiger partial charge in [-0.15, -0.1) is 0 Å². The summed E-state index contributed by atoms with van der Waals surface area (Å²) in [6.45, 7) is -0.375. The third-order valence-electron chi connectivity index (χ3n) is 1.92. The zero-order chi connectivity index (χ0) is 8.48. The SMILES string of the molecule is O=S1(=O)CC[C@@H](F)[C@H](CO)C1. The van der Waals surface area contributed by atoms with Gasteiger partial charge in [0.15, 0.2) is 9.84 Å².